The molecule has 0 spiro atoms. The van der Waals surface area contributed by atoms with Crippen molar-refractivity contribution in [2.24, 2.45) is 0 Å². The van der Waals surface area contributed by atoms with Crippen molar-refractivity contribution < 1.29 is 9.53 Å². The minimum atomic E-state index is -0.385. The maximum atomic E-state index is 12.1. The van der Waals surface area contributed by atoms with E-state index in [1.807, 2.05) is 13.8 Å². The van der Waals surface area contributed by atoms with Gasteiger partial charge in [0.2, 0.25) is 0 Å². The minimum Gasteiger partial charge on any atom is -0.492 e. The predicted molar refractivity (Wildman–Crippen MR) is 83.0 cm³/mol. The van der Waals surface area contributed by atoms with Crippen LogP contribution >= 0.6 is 11.6 Å². The largest absolute Gasteiger partial charge is 0.492 e. The molecule has 0 aliphatic carbocycles. The molecule has 0 saturated carbocycles. The van der Waals surface area contributed by atoms with E-state index in [1.54, 1.807) is 18.2 Å². The highest BCUT2D eigenvalue weighted by Gasteiger charge is 2.17. The summed E-state index contributed by atoms with van der Waals surface area (Å²) in [5.74, 6) is 0.188. The number of nitrogens with zero attached hydrogens (tertiary/aromatic N) is 1. The quantitative estimate of drug-likeness (QED) is 0.791. The average molecular weight is 309 g/mol. The van der Waals surface area contributed by atoms with E-state index >= 15 is 0 Å². The normalized spacial score (nSPS) is 10.4. The lowest BCUT2D eigenvalue weighted by atomic mass is 10.2. The summed E-state index contributed by atoms with van der Waals surface area (Å²) in [6.07, 6.45) is 0.682. The Labute approximate surface area is 127 Å². The van der Waals surface area contributed by atoms with Gasteiger partial charge in [0, 0.05) is 5.69 Å². The molecule has 21 heavy (non-hydrogen) atoms. The molecule has 6 nitrogen and oxygen atoms in total. The molecule has 2 aromatic rings. The fourth-order valence-electron chi connectivity index (χ4n) is 1.87. The SMILES string of the molecule is CCOc1ccc(NC(=O)c2n[nH]c(CC)c2N)cc1Cl. The van der Waals surface area contributed by atoms with Crippen LogP contribution in [0.1, 0.15) is 30.0 Å². The molecule has 0 fully saturated rings. The fraction of sp³-hybridized carbons (Fsp3) is 0.286. The maximum absolute atomic E-state index is 12.1. The van der Waals surface area contributed by atoms with Crippen molar-refractivity contribution in [1.29, 1.82) is 0 Å². The zero-order valence-corrected chi connectivity index (χ0v) is 12.6. The first-order valence-electron chi connectivity index (χ1n) is 6.63. The molecule has 112 valence electrons. The van der Waals surface area contributed by atoms with Crippen LogP contribution in [0.25, 0.3) is 0 Å². The summed E-state index contributed by atoms with van der Waals surface area (Å²) in [6.45, 7) is 4.32. The van der Waals surface area contributed by atoms with Gasteiger partial charge in [-0.1, -0.05) is 18.5 Å². The molecule has 7 heteroatoms. The number of aromatic amines is 1. The van der Waals surface area contributed by atoms with E-state index in [2.05, 4.69) is 15.5 Å². The standard InChI is InChI=1S/C14H17ClN4O2/c1-3-10-12(16)13(19-18-10)14(20)17-8-5-6-11(21-4-2)9(15)7-8/h5-7H,3-4,16H2,1-2H3,(H,17,20)(H,18,19). The summed E-state index contributed by atoms with van der Waals surface area (Å²) in [6, 6.07) is 5.03. The number of amides is 1. The number of hydrogen-bond acceptors (Lipinski definition) is 4. The highest BCUT2D eigenvalue weighted by molar-refractivity contribution is 6.32. The van der Waals surface area contributed by atoms with Gasteiger partial charge in [-0.3, -0.25) is 9.89 Å². The van der Waals surface area contributed by atoms with Crippen LogP contribution in [-0.4, -0.2) is 22.7 Å². The van der Waals surface area contributed by atoms with E-state index in [1.165, 1.54) is 0 Å². The summed E-state index contributed by atoms with van der Waals surface area (Å²) in [4.78, 5) is 12.1. The highest BCUT2D eigenvalue weighted by atomic mass is 35.5. The topological polar surface area (TPSA) is 93.0 Å². The van der Waals surface area contributed by atoms with Crippen LogP contribution in [0.3, 0.4) is 0 Å². The molecule has 0 atom stereocenters. The smallest absolute Gasteiger partial charge is 0.278 e. The van der Waals surface area contributed by atoms with Crippen molar-refractivity contribution >= 4 is 28.9 Å². The molecule has 4 N–H and O–H groups in total. The number of anilines is 2. The third-order valence-electron chi connectivity index (χ3n) is 2.94. The van der Waals surface area contributed by atoms with Gasteiger partial charge in [-0.2, -0.15) is 5.10 Å². The van der Waals surface area contributed by atoms with Crippen LogP contribution in [0.4, 0.5) is 11.4 Å². The van der Waals surface area contributed by atoms with Crippen LogP contribution in [0, 0.1) is 0 Å². The lowest BCUT2D eigenvalue weighted by Gasteiger charge is -2.08. The molecule has 1 aromatic carbocycles. The Balaban J connectivity index is 2.15. The van der Waals surface area contributed by atoms with E-state index in [0.717, 1.165) is 5.69 Å². The zero-order valence-electron chi connectivity index (χ0n) is 11.9. The van der Waals surface area contributed by atoms with Crippen LogP contribution in [0.15, 0.2) is 18.2 Å². The molecule has 0 radical (unpaired) electrons. The number of nitrogen functional groups attached to an aromatic ring is 1. The van der Waals surface area contributed by atoms with E-state index in [0.29, 0.717) is 35.2 Å². The first kappa shape index (κ1) is 15.2. The fourth-order valence-corrected chi connectivity index (χ4v) is 2.11. The van der Waals surface area contributed by atoms with Gasteiger partial charge >= 0.3 is 0 Å². The molecule has 1 amide bonds. The third-order valence-corrected chi connectivity index (χ3v) is 3.24. The number of aryl methyl sites for hydroxylation is 1. The number of carbonyl (C=O) groups is 1. The van der Waals surface area contributed by atoms with Crippen molar-refractivity contribution in [3.8, 4) is 5.75 Å². The van der Waals surface area contributed by atoms with Crippen molar-refractivity contribution in [2.75, 3.05) is 17.7 Å². The summed E-state index contributed by atoms with van der Waals surface area (Å²) >= 11 is 6.07. The number of nitrogens with one attached hydrogen (secondary N) is 2. The second-order valence-corrected chi connectivity index (χ2v) is 4.76. The number of nitrogens with two attached hydrogens (primary N) is 1. The van der Waals surface area contributed by atoms with E-state index < -0.39 is 0 Å². The van der Waals surface area contributed by atoms with Gasteiger partial charge < -0.3 is 15.8 Å². The molecule has 0 unspecified atom stereocenters. The van der Waals surface area contributed by atoms with Gasteiger partial charge in [0.05, 0.1) is 23.0 Å². The van der Waals surface area contributed by atoms with Gasteiger partial charge in [-0.05, 0) is 31.5 Å². The minimum absolute atomic E-state index is 0.178. The van der Waals surface area contributed by atoms with E-state index in [9.17, 15) is 4.79 Å². The highest BCUT2D eigenvalue weighted by Crippen LogP contribution is 2.28. The molecular formula is C14H17ClN4O2. The van der Waals surface area contributed by atoms with Crippen LogP contribution < -0.4 is 15.8 Å². The number of rotatable bonds is 5. The monoisotopic (exact) mass is 308 g/mol. The number of carbonyl (C=O) groups excluding carboxylic acids is 1. The summed E-state index contributed by atoms with van der Waals surface area (Å²) in [5, 5.41) is 9.81. The number of hydrogen-bond donors (Lipinski definition) is 3. The zero-order chi connectivity index (χ0) is 15.4. The third kappa shape index (κ3) is 3.28. The van der Waals surface area contributed by atoms with E-state index in [4.69, 9.17) is 22.1 Å². The number of H-pyrrole nitrogens is 1. The van der Waals surface area contributed by atoms with Gasteiger partial charge in [-0.15, -0.1) is 0 Å². The van der Waals surface area contributed by atoms with Gasteiger partial charge in [-0.25, -0.2) is 0 Å². The van der Waals surface area contributed by atoms with Crippen molar-refractivity contribution in [3.05, 3.63) is 34.6 Å². The Morgan fingerprint density at radius 3 is 2.81 bits per heavy atom. The number of halogens is 1. The lowest BCUT2D eigenvalue weighted by molar-refractivity contribution is 0.102. The molecule has 2 rings (SSSR count). The van der Waals surface area contributed by atoms with Crippen LogP contribution in [0.5, 0.6) is 5.75 Å². The van der Waals surface area contributed by atoms with Crippen molar-refractivity contribution in [3.63, 3.8) is 0 Å². The van der Waals surface area contributed by atoms with Crippen molar-refractivity contribution in [1.82, 2.24) is 10.2 Å². The molecular weight excluding hydrogens is 292 g/mol. The second-order valence-electron chi connectivity index (χ2n) is 4.35. The number of ether oxygens (including phenoxy) is 1. The summed E-state index contributed by atoms with van der Waals surface area (Å²) in [5.41, 5.74) is 7.70. The Morgan fingerprint density at radius 2 is 2.24 bits per heavy atom. The van der Waals surface area contributed by atoms with E-state index in [-0.39, 0.29) is 11.6 Å². The Hall–Kier alpha value is -2.21. The molecule has 1 aromatic heterocycles. The van der Waals surface area contributed by atoms with Crippen LogP contribution in [-0.2, 0) is 6.42 Å². The molecule has 0 saturated heterocycles. The van der Waals surface area contributed by atoms with Gasteiger partial charge in [0.15, 0.2) is 5.69 Å². The van der Waals surface area contributed by atoms with Gasteiger partial charge in [0.1, 0.15) is 5.75 Å². The average Bonchev–Trinajstić information content (AvgIpc) is 2.83. The lowest BCUT2D eigenvalue weighted by Crippen LogP contribution is -2.14. The molecule has 1 heterocycles. The predicted octanol–water partition coefficient (Wildman–Crippen LogP) is 2.86. The summed E-state index contributed by atoms with van der Waals surface area (Å²) in [7, 11) is 0. The number of benzene rings is 1. The second kappa shape index (κ2) is 6.49. The maximum Gasteiger partial charge on any atom is 0.278 e. The molecule has 0 aliphatic rings. The Bertz CT molecular complexity index is 654. The first-order valence-corrected chi connectivity index (χ1v) is 7.01. The molecule has 0 bridgehead atoms. The number of aromatic nitrogens is 2. The Kier molecular flexibility index (Phi) is 4.70. The summed E-state index contributed by atoms with van der Waals surface area (Å²) < 4.78 is 5.34. The Morgan fingerprint density at radius 1 is 1.48 bits per heavy atom. The van der Waals surface area contributed by atoms with Crippen LogP contribution in [0.2, 0.25) is 5.02 Å². The van der Waals surface area contributed by atoms with Gasteiger partial charge in [0.25, 0.3) is 5.91 Å². The first-order chi connectivity index (χ1) is 10.1. The molecule has 0 aliphatic heterocycles. The van der Waals surface area contributed by atoms with Crippen molar-refractivity contribution in [2.45, 2.75) is 20.3 Å².